The molecule has 3 aromatic rings. The first-order chi connectivity index (χ1) is 20.9. The molecule has 1 aromatic heterocycles. The van der Waals surface area contributed by atoms with Crippen LogP contribution in [0.4, 0.5) is 4.79 Å². The van der Waals surface area contributed by atoms with Crippen molar-refractivity contribution in [1.82, 2.24) is 19.7 Å². The van der Waals surface area contributed by atoms with Crippen molar-refractivity contribution in [2.45, 2.75) is 50.4 Å². The number of piperidine rings is 1. The van der Waals surface area contributed by atoms with Crippen LogP contribution in [0.5, 0.6) is 0 Å². The number of urea groups is 1. The number of carbonyl (C=O) groups is 3. The van der Waals surface area contributed by atoms with Gasteiger partial charge in [-0.1, -0.05) is 41.9 Å². The lowest BCUT2D eigenvalue weighted by atomic mass is 9.98. The number of ketones is 1. The van der Waals surface area contributed by atoms with Crippen molar-refractivity contribution in [3.8, 4) is 0 Å². The standard InChI is InChI=1S/C33H35ClN4O5/c34-26-3-1-2-25(18-26)30-21-37(27-12-16-43-17-13-27)33(42)38(30)28-10-14-36(15-11-28)20-22-4-9-29(35-19-22)31(39)23-5-7-24(8-6-23)32(40)41/h1-9,18-19,27-28,30H,10-17,20-21H2,(H,40,41). The van der Waals surface area contributed by atoms with E-state index in [0.29, 0.717) is 42.6 Å². The van der Waals surface area contributed by atoms with E-state index in [9.17, 15) is 14.4 Å². The minimum absolute atomic E-state index is 0.0276. The fraction of sp³-hybridized carbons (Fsp3) is 0.394. The third kappa shape index (κ3) is 6.44. The van der Waals surface area contributed by atoms with Crippen molar-refractivity contribution < 1.29 is 24.2 Å². The maximum absolute atomic E-state index is 13.9. The lowest BCUT2D eigenvalue weighted by molar-refractivity contribution is 0.0493. The van der Waals surface area contributed by atoms with Gasteiger partial charge in [0.05, 0.1) is 11.6 Å². The number of likely N-dealkylation sites (tertiary alicyclic amines) is 1. The second-order valence-corrected chi connectivity index (χ2v) is 12.0. The number of pyridine rings is 1. The quantitative estimate of drug-likeness (QED) is 0.350. The van der Waals surface area contributed by atoms with Gasteiger partial charge >= 0.3 is 12.0 Å². The third-order valence-electron chi connectivity index (χ3n) is 8.85. The molecule has 3 fully saturated rings. The summed E-state index contributed by atoms with van der Waals surface area (Å²) in [5.74, 6) is -1.28. The van der Waals surface area contributed by atoms with Crippen molar-refractivity contribution in [3.63, 3.8) is 0 Å². The Balaban J connectivity index is 1.09. The molecule has 3 aliphatic rings. The monoisotopic (exact) mass is 602 g/mol. The zero-order chi connectivity index (χ0) is 29.9. The minimum atomic E-state index is -1.03. The molecular formula is C33H35ClN4O5. The molecule has 43 heavy (non-hydrogen) atoms. The summed E-state index contributed by atoms with van der Waals surface area (Å²) in [6.07, 6.45) is 5.23. The number of ether oxygens (including phenoxy) is 1. The maximum Gasteiger partial charge on any atom is 0.335 e. The van der Waals surface area contributed by atoms with Crippen LogP contribution in [0.25, 0.3) is 0 Å². The van der Waals surface area contributed by atoms with Gasteiger partial charge in [0.2, 0.25) is 5.78 Å². The highest BCUT2D eigenvalue weighted by molar-refractivity contribution is 6.30. The van der Waals surface area contributed by atoms with Gasteiger partial charge in [0, 0.05) is 68.3 Å². The first-order valence-electron chi connectivity index (χ1n) is 14.8. The van der Waals surface area contributed by atoms with Crippen LogP contribution in [0.2, 0.25) is 5.02 Å². The van der Waals surface area contributed by atoms with Gasteiger partial charge in [0.1, 0.15) is 5.69 Å². The van der Waals surface area contributed by atoms with Gasteiger partial charge in [-0.3, -0.25) is 14.7 Å². The predicted octanol–water partition coefficient (Wildman–Crippen LogP) is 5.29. The van der Waals surface area contributed by atoms with Gasteiger partial charge in [-0.25, -0.2) is 9.59 Å². The summed E-state index contributed by atoms with van der Waals surface area (Å²) in [5, 5.41) is 9.76. The van der Waals surface area contributed by atoms with E-state index in [0.717, 1.165) is 49.9 Å². The summed E-state index contributed by atoms with van der Waals surface area (Å²) in [6.45, 7) is 4.47. The smallest absolute Gasteiger partial charge is 0.335 e. The van der Waals surface area contributed by atoms with Gasteiger partial charge in [-0.15, -0.1) is 0 Å². The van der Waals surface area contributed by atoms with Crippen LogP contribution in [-0.4, -0.2) is 87.5 Å². The van der Waals surface area contributed by atoms with E-state index < -0.39 is 5.97 Å². The number of carboxylic acids is 1. The van der Waals surface area contributed by atoms with Crippen LogP contribution in [0.3, 0.4) is 0 Å². The Kier molecular flexibility index (Phi) is 8.74. The molecule has 2 aromatic carbocycles. The molecule has 2 amide bonds. The summed E-state index contributed by atoms with van der Waals surface area (Å²) >= 11 is 6.37. The number of rotatable bonds is 8. The van der Waals surface area contributed by atoms with Gasteiger partial charge in [0.15, 0.2) is 0 Å². The molecule has 0 radical (unpaired) electrons. The molecule has 1 N–H and O–H groups in total. The highest BCUT2D eigenvalue weighted by Crippen LogP contribution is 2.37. The normalized spacial score (nSPS) is 20.5. The number of hydrogen-bond donors (Lipinski definition) is 1. The molecule has 4 heterocycles. The van der Waals surface area contributed by atoms with E-state index >= 15 is 0 Å². The molecule has 9 nitrogen and oxygen atoms in total. The Morgan fingerprint density at radius 1 is 0.930 bits per heavy atom. The summed E-state index contributed by atoms with van der Waals surface area (Å²) in [6, 6.07) is 17.8. The molecule has 10 heteroatoms. The molecule has 1 atom stereocenters. The SMILES string of the molecule is O=C(O)c1ccc(C(=O)c2ccc(CN3CCC(N4C(=O)N(C5CCOCC5)CC4c4cccc(Cl)c4)CC3)cn2)cc1. The van der Waals surface area contributed by atoms with E-state index in [1.165, 1.54) is 24.3 Å². The third-order valence-corrected chi connectivity index (χ3v) is 9.08. The van der Waals surface area contributed by atoms with Gasteiger partial charge < -0.3 is 19.6 Å². The number of amides is 2. The highest BCUT2D eigenvalue weighted by Gasteiger charge is 2.45. The zero-order valence-corrected chi connectivity index (χ0v) is 24.7. The predicted molar refractivity (Wildman–Crippen MR) is 161 cm³/mol. The Morgan fingerprint density at radius 3 is 2.30 bits per heavy atom. The lowest BCUT2D eigenvalue weighted by Crippen LogP contribution is -2.48. The maximum atomic E-state index is 13.9. The summed E-state index contributed by atoms with van der Waals surface area (Å²) < 4.78 is 5.56. The van der Waals surface area contributed by atoms with Crippen molar-refractivity contribution in [2.75, 3.05) is 32.8 Å². The molecule has 3 aliphatic heterocycles. The number of carbonyl (C=O) groups excluding carboxylic acids is 2. The average Bonchev–Trinajstić information content (AvgIpc) is 3.39. The number of halogens is 1. The summed E-state index contributed by atoms with van der Waals surface area (Å²) in [4.78, 5) is 48.7. The van der Waals surface area contributed by atoms with Crippen LogP contribution >= 0.6 is 11.6 Å². The topological polar surface area (TPSA) is 103 Å². The van der Waals surface area contributed by atoms with Crippen LogP contribution in [0, 0.1) is 0 Å². The zero-order valence-electron chi connectivity index (χ0n) is 23.9. The van der Waals surface area contributed by atoms with E-state index in [2.05, 4.69) is 25.8 Å². The van der Waals surface area contributed by atoms with Crippen molar-refractivity contribution in [1.29, 1.82) is 0 Å². The lowest BCUT2D eigenvalue weighted by Gasteiger charge is -2.39. The first kappa shape index (κ1) is 29.3. The molecule has 6 rings (SSSR count). The van der Waals surface area contributed by atoms with Crippen molar-refractivity contribution in [2.24, 2.45) is 0 Å². The summed E-state index contributed by atoms with van der Waals surface area (Å²) in [5.41, 5.74) is 2.94. The van der Waals surface area contributed by atoms with E-state index in [4.69, 9.17) is 21.4 Å². The number of carboxylic acid groups (broad SMARTS) is 1. The van der Waals surface area contributed by atoms with E-state index in [1.54, 1.807) is 12.3 Å². The fourth-order valence-corrected chi connectivity index (χ4v) is 6.70. The van der Waals surface area contributed by atoms with Gasteiger partial charge in [-0.05, 0) is 67.1 Å². The molecule has 0 aliphatic carbocycles. The van der Waals surface area contributed by atoms with Gasteiger partial charge in [0.25, 0.3) is 0 Å². The van der Waals surface area contributed by atoms with Crippen LogP contribution < -0.4 is 0 Å². The number of nitrogens with zero attached hydrogens (tertiary/aromatic N) is 4. The highest BCUT2D eigenvalue weighted by atomic mass is 35.5. The molecular weight excluding hydrogens is 568 g/mol. The second kappa shape index (κ2) is 12.8. The largest absolute Gasteiger partial charge is 0.478 e. The van der Waals surface area contributed by atoms with Crippen molar-refractivity contribution >= 4 is 29.4 Å². The number of benzene rings is 2. The van der Waals surface area contributed by atoms with Crippen LogP contribution in [0.15, 0.2) is 66.9 Å². The van der Waals surface area contributed by atoms with Crippen LogP contribution in [0.1, 0.15) is 69.3 Å². The Morgan fingerprint density at radius 2 is 1.65 bits per heavy atom. The molecule has 0 saturated carbocycles. The molecule has 1 unspecified atom stereocenters. The van der Waals surface area contributed by atoms with E-state index in [-0.39, 0.29) is 35.5 Å². The van der Waals surface area contributed by atoms with Gasteiger partial charge in [-0.2, -0.15) is 0 Å². The first-order valence-corrected chi connectivity index (χ1v) is 15.2. The molecule has 224 valence electrons. The average molecular weight is 603 g/mol. The van der Waals surface area contributed by atoms with E-state index in [1.807, 2.05) is 24.3 Å². The Bertz CT molecular complexity index is 1470. The summed E-state index contributed by atoms with van der Waals surface area (Å²) in [7, 11) is 0. The number of aromatic nitrogens is 1. The number of hydrogen-bond acceptors (Lipinski definition) is 6. The second-order valence-electron chi connectivity index (χ2n) is 11.5. The Hall–Kier alpha value is -3.79. The molecule has 3 saturated heterocycles. The molecule has 0 bridgehead atoms. The van der Waals surface area contributed by atoms with Crippen molar-refractivity contribution in [3.05, 3.63) is 99.8 Å². The van der Waals surface area contributed by atoms with Crippen LogP contribution in [-0.2, 0) is 11.3 Å². The fourth-order valence-electron chi connectivity index (χ4n) is 6.50. The molecule has 0 spiro atoms. The Labute approximate surface area is 256 Å². The minimum Gasteiger partial charge on any atom is -0.478 e. The number of aromatic carboxylic acids is 1.